The number of carbonyl (C=O) groups is 2. The van der Waals surface area contributed by atoms with Crippen LogP contribution in [0, 0.1) is 14.9 Å². The molecule has 0 atom stereocenters. The van der Waals surface area contributed by atoms with Crippen molar-refractivity contribution in [1.29, 1.82) is 0 Å². The van der Waals surface area contributed by atoms with Crippen molar-refractivity contribution >= 4 is 43.1 Å². The van der Waals surface area contributed by atoms with Gasteiger partial charge >= 0.3 is 18.3 Å². The minimum absolute atomic E-state index is 0. The fourth-order valence-electron chi connectivity index (χ4n) is 6.81. The van der Waals surface area contributed by atoms with Crippen LogP contribution in [-0.4, -0.2) is 47.3 Å². The van der Waals surface area contributed by atoms with Crippen molar-refractivity contribution < 1.29 is 68.4 Å². The van der Waals surface area contributed by atoms with Crippen molar-refractivity contribution in [3.8, 4) is 46.0 Å². The third-order valence-corrected chi connectivity index (χ3v) is 10.5. The number of carbonyl (C=O) groups excluding carboxylic acids is 1. The first-order valence-electron chi connectivity index (χ1n) is 20.2. The van der Waals surface area contributed by atoms with Gasteiger partial charge in [0, 0.05) is 48.2 Å². The van der Waals surface area contributed by atoms with Gasteiger partial charge in [0.2, 0.25) is 0 Å². The van der Waals surface area contributed by atoms with E-state index >= 15 is 0 Å². The minimum atomic E-state index is -4.74. The molecule has 0 amide bonds. The maximum Gasteiger partial charge on any atom is 0.420 e. The number of aliphatic carboxylic acids is 1. The molecule has 11 nitrogen and oxygen atoms in total. The molecule has 1 N–H and O–H groups in total. The van der Waals surface area contributed by atoms with Gasteiger partial charge in [-0.15, -0.1) is 0 Å². The number of nitrogens with zero attached hydrogens (tertiary/aromatic N) is 2. The molecule has 6 aromatic carbocycles. The third kappa shape index (κ3) is 14.3. The van der Waals surface area contributed by atoms with Crippen molar-refractivity contribution in [3.05, 3.63) is 195 Å². The Bertz CT molecular complexity index is 3240. The van der Waals surface area contributed by atoms with Crippen LogP contribution in [-0.2, 0) is 44.6 Å². The van der Waals surface area contributed by atoms with Crippen LogP contribution in [0.4, 0.5) is 26.3 Å². The van der Waals surface area contributed by atoms with E-state index in [-0.39, 0.29) is 50.7 Å². The Morgan fingerprint density at radius 3 is 1.34 bits per heavy atom. The van der Waals surface area contributed by atoms with Crippen LogP contribution in [0.2, 0.25) is 0 Å². The molecule has 0 aliphatic carbocycles. The van der Waals surface area contributed by atoms with Gasteiger partial charge in [0.25, 0.3) is 0 Å². The van der Waals surface area contributed by atoms with Crippen molar-refractivity contribution in [2.75, 3.05) is 12.0 Å². The van der Waals surface area contributed by atoms with Gasteiger partial charge in [-0.3, -0.25) is 19.6 Å². The van der Waals surface area contributed by atoms with Gasteiger partial charge in [0.1, 0.15) is 62.9 Å². The topological polar surface area (TPSA) is 151 Å². The molecule has 0 spiro atoms. The van der Waals surface area contributed by atoms with Crippen molar-refractivity contribution in [1.82, 2.24) is 9.97 Å². The monoisotopic (exact) mass is 984 g/mol. The van der Waals surface area contributed by atoms with E-state index in [4.69, 9.17) is 24.1 Å². The molecule has 8 aromatic rings. The van der Waals surface area contributed by atoms with Crippen LogP contribution in [0.25, 0.3) is 21.5 Å². The molecule has 18 heteroatoms. The lowest BCUT2D eigenvalue weighted by Crippen LogP contribution is -2.16. The number of alkyl halides is 6. The zero-order chi connectivity index (χ0) is 48.6. The molecule has 8 rings (SSSR count). The predicted molar refractivity (Wildman–Crippen MR) is 252 cm³/mol. The summed E-state index contributed by atoms with van der Waals surface area (Å²) in [6, 6.07) is 32.6. The number of ether oxygens (including phenoxy) is 4. The number of carboxylic acid groups (broad SMARTS) is 1. The Labute approximate surface area is 398 Å². The SMILES string of the molecule is CS(=O)(=O)CC(=O)Cc1cccc(Oc2ccc(Oc3cccc4ccncc34)cc2C(F)(F)F)c1.O=C(O)Cc1cccc(Oc2ccc(Oc3cccc4ccncc34)cc2C(F)(F)F)c1.[CH3-].[CH3-]. The number of hydrogen-bond acceptors (Lipinski definition) is 10. The second-order valence-corrected chi connectivity index (χ2v) is 17.2. The number of fused-ring (bicyclic) bond motifs is 2. The number of benzene rings is 6. The summed E-state index contributed by atoms with van der Waals surface area (Å²) in [5.41, 5.74) is -1.23. The predicted octanol–water partition coefficient (Wildman–Crippen LogP) is 13.4. The molecule has 2 aromatic heterocycles. The summed E-state index contributed by atoms with van der Waals surface area (Å²) < 4.78 is 128. The van der Waals surface area contributed by atoms with Crippen molar-refractivity contribution in [2.24, 2.45) is 0 Å². The highest BCUT2D eigenvalue weighted by molar-refractivity contribution is 7.91. The highest BCUT2D eigenvalue weighted by Crippen LogP contribution is 2.43. The first-order chi connectivity index (χ1) is 32.3. The second-order valence-electron chi connectivity index (χ2n) is 15.1. The van der Waals surface area contributed by atoms with Gasteiger partial charge in [-0.2, -0.15) is 26.3 Å². The van der Waals surface area contributed by atoms with E-state index in [0.717, 1.165) is 35.2 Å². The molecule has 0 fully saturated rings. The molecule has 2 heterocycles. The zero-order valence-electron chi connectivity index (χ0n) is 37.4. The van der Waals surface area contributed by atoms with E-state index in [2.05, 4.69) is 9.97 Å². The zero-order valence-corrected chi connectivity index (χ0v) is 38.2. The number of aromatic nitrogens is 2. The molecule has 364 valence electrons. The Morgan fingerprint density at radius 1 is 0.529 bits per heavy atom. The van der Waals surface area contributed by atoms with E-state index < -0.39 is 62.3 Å². The Kier molecular flexibility index (Phi) is 17.0. The van der Waals surface area contributed by atoms with Gasteiger partial charge in [0.05, 0.1) is 6.42 Å². The highest BCUT2D eigenvalue weighted by Gasteiger charge is 2.36. The third-order valence-electron chi connectivity index (χ3n) is 9.69. The van der Waals surface area contributed by atoms with Crippen LogP contribution in [0.3, 0.4) is 0 Å². The summed E-state index contributed by atoms with van der Waals surface area (Å²) in [5, 5.41) is 11.9. The van der Waals surface area contributed by atoms with Crippen LogP contribution in [0.15, 0.2) is 158 Å². The number of ketones is 1. The average molecular weight is 985 g/mol. The molecule has 0 bridgehead atoms. The normalized spacial score (nSPS) is 11.3. The average Bonchev–Trinajstić information content (AvgIpc) is 3.26. The van der Waals surface area contributed by atoms with Gasteiger partial charge in [-0.25, -0.2) is 8.42 Å². The number of sulfone groups is 1. The van der Waals surface area contributed by atoms with E-state index in [1.807, 2.05) is 12.1 Å². The maximum atomic E-state index is 13.9. The summed E-state index contributed by atoms with van der Waals surface area (Å²) in [6.07, 6.45) is -2.57. The Morgan fingerprint density at radius 2 is 0.929 bits per heavy atom. The summed E-state index contributed by atoms with van der Waals surface area (Å²) in [6.45, 7) is 0. The largest absolute Gasteiger partial charge is 0.481 e. The summed E-state index contributed by atoms with van der Waals surface area (Å²) >= 11 is 0. The molecular weight excluding hydrogens is 943 g/mol. The fraction of sp³-hybridized carbons (Fsp3) is 0.115. The van der Waals surface area contributed by atoms with Crippen LogP contribution < -0.4 is 18.9 Å². The molecule has 0 unspecified atom stereocenters. The maximum absolute atomic E-state index is 13.9. The second kappa shape index (κ2) is 22.4. The highest BCUT2D eigenvalue weighted by atomic mass is 32.2. The lowest BCUT2D eigenvalue weighted by Gasteiger charge is -2.16. The number of carboxylic acids is 1. The molecule has 70 heavy (non-hydrogen) atoms. The number of halogens is 6. The molecule has 0 radical (unpaired) electrons. The lowest BCUT2D eigenvalue weighted by molar-refractivity contribution is -0.139. The number of hydrogen-bond donors (Lipinski definition) is 1. The fourth-order valence-corrected chi connectivity index (χ4v) is 7.49. The smallest absolute Gasteiger partial charge is 0.420 e. The van der Waals surface area contributed by atoms with Crippen molar-refractivity contribution in [3.63, 3.8) is 0 Å². The summed E-state index contributed by atoms with van der Waals surface area (Å²) in [5.74, 6) is -2.23. The number of Topliss-reactive ketones (excluding diaryl/α,β-unsaturated/α-hetero) is 1. The standard InChI is InChI=1S/C26H20F3NO5S.C24H16F3NO4.2CH3/c1-36(32,33)16-19(31)12-17-4-2-6-20(13-17)35-25-9-8-21(14-23(25)26(27,28)29)34-24-7-3-5-18-10-11-30-15-22(18)24;25-24(26,27)20-13-18(31-21-6-2-4-16-9-10-28-14-19(16)21)7-8-22(20)32-17-5-1-3-15(11-17)12-23(29)30;;/h2-11,13-15H,12,16H2,1H3;1-11,13-14H,12H2,(H,29,30);2*1H3/q;;2*-1. The lowest BCUT2D eigenvalue weighted by atomic mass is 10.1. The summed E-state index contributed by atoms with van der Waals surface area (Å²) in [7, 11) is -3.48. The van der Waals surface area contributed by atoms with Crippen LogP contribution >= 0.6 is 0 Å². The van der Waals surface area contributed by atoms with E-state index in [1.165, 1.54) is 54.6 Å². The molecule has 0 aliphatic rings. The van der Waals surface area contributed by atoms with Gasteiger partial charge in [-0.05, 0) is 107 Å². The summed E-state index contributed by atoms with van der Waals surface area (Å²) in [4.78, 5) is 30.9. The van der Waals surface area contributed by atoms with E-state index in [9.17, 15) is 44.3 Å². The minimum Gasteiger partial charge on any atom is -0.481 e. The van der Waals surface area contributed by atoms with Crippen LogP contribution in [0.1, 0.15) is 22.3 Å². The van der Waals surface area contributed by atoms with E-state index in [0.29, 0.717) is 33.4 Å². The van der Waals surface area contributed by atoms with Crippen molar-refractivity contribution in [2.45, 2.75) is 25.2 Å². The first kappa shape index (κ1) is 53.0. The number of rotatable bonds is 14. The Balaban J connectivity index is 0.000000255. The number of pyridine rings is 2. The Hall–Kier alpha value is -7.99. The molecule has 0 aliphatic heterocycles. The van der Waals surface area contributed by atoms with Gasteiger partial charge in [-0.1, -0.05) is 48.5 Å². The van der Waals surface area contributed by atoms with Gasteiger partial charge < -0.3 is 38.9 Å². The molecule has 0 saturated heterocycles. The van der Waals surface area contributed by atoms with E-state index in [1.54, 1.807) is 73.3 Å². The molecular formula is C52H42F6N2O9S-2. The quantitative estimate of drug-likeness (QED) is 0.0819. The van der Waals surface area contributed by atoms with Gasteiger partial charge in [0.15, 0.2) is 15.6 Å². The molecule has 0 saturated carbocycles. The van der Waals surface area contributed by atoms with Crippen LogP contribution in [0.5, 0.6) is 46.0 Å². The first-order valence-corrected chi connectivity index (χ1v) is 22.2.